The Bertz CT molecular complexity index is 1690. The van der Waals surface area contributed by atoms with Gasteiger partial charge in [-0.05, 0) is 64.0 Å². The third-order valence-corrected chi connectivity index (χ3v) is 7.02. The lowest BCUT2D eigenvalue weighted by Gasteiger charge is -2.18. The van der Waals surface area contributed by atoms with Gasteiger partial charge in [0.25, 0.3) is 5.56 Å². The van der Waals surface area contributed by atoms with Crippen LogP contribution in [0.3, 0.4) is 0 Å². The van der Waals surface area contributed by atoms with Crippen LogP contribution < -0.4 is 5.56 Å². The van der Waals surface area contributed by atoms with Crippen LogP contribution in [0.1, 0.15) is 34.3 Å². The molecule has 0 radical (unpaired) electrons. The molecular formula is C27H17Br2N3O4. The Hall–Kier alpha value is -3.69. The molecule has 1 unspecified atom stereocenters. The van der Waals surface area contributed by atoms with Gasteiger partial charge in [0.05, 0.1) is 17.5 Å². The third kappa shape index (κ3) is 3.94. The van der Waals surface area contributed by atoms with Gasteiger partial charge in [-0.15, -0.1) is 0 Å². The number of aromatic amines is 1. The molecule has 1 aliphatic heterocycles. The largest absolute Gasteiger partial charge is 0.467 e. The predicted octanol–water partition coefficient (Wildman–Crippen LogP) is 6.90. The molecule has 0 saturated carbocycles. The van der Waals surface area contributed by atoms with E-state index in [1.54, 1.807) is 30.5 Å². The normalized spacial score (nSPS) is 15.4. The zero-order valence-corrected chi connectivity index (χ0v) is 21.7. The van der Waals surface area contributed by atoms with Gasteiger partial charge in [-0.25, -0.2) is 5.01 Å². The number of carbonyl (C=O) groups is 1. The van der Waals surface area contributed by atoms with Crippen LogP contribution in [0.4, 0.5) is 0 Å². The molecule has 1 aliphatic rings. The van der Waals surface area contributed by atoms with Crippen LogP contribution in [0.5, 0.6) is 0 Å². The van der Waals surface area contributed by atoms with E-state index in [1.165, 1.54) is 5.01 Å². The van der Waals surface area contributed by atoms with Gasteiger partial charge in [0.2, 0.25) is 0 Å². The van der Waals surface area contributed by atoms with Gasteiger partial charge >= 0.3 is 5.91 Å². The minimum absolute atomic E-state index is 0.128. The number of fused-ring (bicyclic) bond motifs is 1. The van der Waals surface area contributed by atoms with Gasteiger partial charge < -0.3 is 13.8 Å². The number of carbonyl (C=O) groups excluding carboxylic acids is 1. The van der Waals surface area contributed by atoms with Crippen molar-refractivity contribution in [3.05, 3.63) is 116 Å². The van der Waals surface area contributed by atoms with E-state index in [0.717, 1.165) is 21.0 Å². The Kier molecular flexibility index (Phi) is 5.73. The Morgan fingerprint density at radius 1 is 1.00 bits per heavy atom. The van der Waals surface area contributed by atoms with Crippen molar-refractivity contribution in [2.45, 2.75) is 12.5 Å². The molecule has 9 heteroatoms. The first-order valence-corrected chi connectivity index (χ1v) is 12.7. The number of rotatable bonds is 4. The Morgan fingerprint density at radius 3 is 2.56 bits per heavy atom. The van der Waals surface area contributed by atoms with Crippen molar-refractivity contribution < 1.29 is 13.6 Å². The summed E-state index contributed by atoms with van der Waals surface area (Å²) < 4.78 is 12.5. The standard InChI is InChI=1S/C27H17Br2N3O4/c28-16-8-9-18-17(13-16)24(15-5-2-1-3-6-15)25(26(33)30-18)19-14-20(21-7-4-12-35-21)32(31-19)27(34)22-10-11-23(29)36-22/h1-13,20H,14H2,(H,30,33). The number of hydrogen-bond acceptors (Lipinski definition) is 5. The number of pyridine rings is 1. The maximum atomic E-state index is 13.5. The summed E-state index contributed by atoms with van der Waals surface area (Å²) in [7, 11) is 0. The van der Waals surface area contributed by atoms with E-state index >= 15 is 0 Å². The summed E-state index contributed by atoms with van der Waals surface area (Å²) in [6.07, 6.45) is 1.85. The summed E-state index contributed by atoms with van der Waals surface area (Å²) in [6, 6.07) is 21.7. The molecule has 5 aromatic rings. The van der Waals surface area contributed by atoms with Crippen LogP contribution in [0.25, 0.3) is 22.0 Å². The summed E-state index contributed by atoms with van der Waals surface area (Å²) in [4.78, 5) is 29.9. The summed E-state index contributed by atoms with van der Waals surface area (Å²) in [5.41, 5.74) is 2.95. The molecule has 1 N–H and O–H groups in total. The molecule has 0 saturated heterocycles. The first-order chi connectivity index (χ1) is 17.5. The zero-order chi connectivity index (χ0) is 24.8. The Labute approximate surface area is 221 Å². The maximum absolute atomic E-state index is 13.5. The molecule has 1 atom stereocenters. The van der Waals surface area contributed by atoms with Crippen molar-refractivity contribution in [1.82, 2.24) is 9.99 Å². The van der Waals surface area contributed by atoms with Crippen molar-refractivity contribution >= 4 is 54.4 Å². The lowest BCUT2D eigenvalue weighted by Crippen LogP contribution is -2.26. The van der Waals surface area contributed by atoms with Crippen molar-refractivity contribution in [3.8, 4) is 11.1 Å². The predicted molar refractivity (Wildman–Crippen MR) is 143 cm³/mol. The highest BCUT2D eigenvalue weighted by molar-refractivity contribution is 9.10. The van der Waals surface area contributed by atoms with Crippen molar-refractivity contribution in [2.24, 2.45) is 5.10 Å². The highest BCUT2D eigenvalue weighted by Gasteiger charge is 2.38. The monoisotopic (exact) mass is 605 g/mol. The maximum Gasteiger partial charge on any atom is 0.310 e. The van der Waals surface area contributed by atoms with E-state index in [4.69, 9.17) is 13.9 Å². The number of amides is 1. The van der Waals surface area contributed by atoms with Crippen LogP contribution in [0.2, 0.25) is 0 Å². The quantitative estimate of drug-likeness (QED) is 0.241. The van der Waals surface area contributed by atoms with Crippen molar-refractivity contribution in [3.63, 3.8) is 0 Å². The first kappa shape index (κ1) is 22.8. The van der Waals surface area contributed by atoms with E-state index in [9.17, 15) is 9.59 Å². The van der Waals surface area contributed by atoms with Crippen LogP contribution >= 0.6 is 31.9 Å². The fourth-order valence-corrected chi connectivity index (χ4v) is 5.21. The summed E-state index contributed by atoms with van der Waals surface area (Å²) in [5.74, 6) is 0.260. The van der Waals surface area contributed by atoms with E-state index in [0.29, 0.717) is 33.6 Å². The number of benzene rings is 2. The fraction of sp³-hybridized carbons (Fsp3) is 0.0741. The van der Waals surface area contributed by atoms with Gasteiger partial charge in [0, 0.05) is 27.4 Å². The van der Waals surface area contributed by atoms with E-state index < -0.39 is 11.9 Å². The average molecular weight is 607 g/mol. The van der Waals surface area contributed by atoms with Gasteiger partial charge in [0.15, 0.2) is 10.4 Å². The molecule has 3 aromatic heterocycles. The topological polar surface area (TPSA) is 91.8 Å². The molecule has 7 nitrogen and oxygen atoms in total. The summed E-state index contributed by atoms with van der Waals surface area (Å²) >= 11 is 6.80. The van der Waals surface area contributed by atoms with E-state index in [2.05, 4.69) is 36.8 Å². The molecule has 1 amide bonds. The summed E-state index contributed by atoms with van der Waals surface area (Å²) in [5, 5.41) is 6.89. The molecule has 6 rings (SSSR count). The number of H-pyrrole nitrogens is 1. The summed E-state index contributed by atoms with van der Waals surface area (Å²) in [6.45, 7) is 0. The molecule has 178 valence electrons. The third-order valence-electron chi connectivity index (χ3n) is 6.10. The van der Waals surface area contributed by atoms with Gasteiger partial charge in [-0.1, -0.05) is 46.3 Å². The molecular weight excluding hydrogens is 590 g/mol. The van der Waals surface area contributed by atoms with Crippen LogP contribution in [-0.2, 0) is 0 Å². The number of hydrazone groups is 1. The van der Waals surface area contributed by atoms with Crippen molar-refractivity contribution in [1.29, 1.82) is 0 Å². The smallest absolute Gasteiger partial charge is 0.310 e. The minimum atomic E-state index is -0.535. The van der Waals surface area contributed by atoms with Gasteiger partial charge in [0.1, 0.15) is 11.8 Å². The Morgan fingerprint density at radius 2 is 1.83 bits per heavy atom. The van der Waals surface area contributed by atoms with Crippen LogP contribution in [-0.4, -0.2) is 21.6 Å². The molecule has 0 aliphatic carbocycles. The molecule has 0 bridgehead atoms. The number of hydrogen-bond donors (Lipinski definition) is 1. The zero-order valence-electron chi connectivity index (χ0n) is 18.6. The lowest BCUT2D eigenvalue weighted by atomic mass is 9.92. The minimum Gasteiger partial charge on any atom is -0.467 e. The van der Waals surface area contributed by atoms with Crippen LogP contribution in [0, 0.1) is 0 Å². The average Bonchev–Trinajstić information content (AvgIpc) is 3.64. The van der Waals surface area contributed by atoms with Crippen LogP contribution in [0.15, 0.2) is 107 Å². The second-order valence-corrected chi connectivity index (χ2v) is 9.99. The molecule has 2 aromatic carbocycles. The number of nitrogens with one attached hydrogen (secondary N) is 1. The molecule has 0 spiro atoms. The lowest BCUT2D eigenvalue weighted by molar-refractivity contribution is 0.0659. The number of furan rings is 2. The van der Waals surface area contributed by atoms with Gasteiger partial charge in [-0.2, -0.15) is 5.10 Å². The van der Waals surface area contributed by atoms with E-state index in [1.807, 2.05) is 48.5 Å². The number of nitrogens with zero attached hydrogens (tertiary/aromatic N) is 2. The van der Waals surface area contributed by atoms with E-state index in [-0.39, 0.29) is 11.3 Å². The first-order valence-electron chi connectivity index (χ1n) is 11.1. The number of halogens is 2. The fourth-order valence-electron chi connectivity index (χ4n) is 4.54. The second kappa shape index (κ2) is 9.07. The molecule has 4 heterocycles. The Balaban J connectivity index is 1.57. The second-order valence-electron chi connectivity index (χ2n) is 8.30. The molecule has 0 fully saturated rings. The van der Waals surface area contributed by atoms with Crippen molar-refractivity contribution in [2.75, 3.05) is 0 Å². The van der Waals surface area contributed by atoms with Gasteiger partial charge in [-0.3, -0.25) is 9.59 Å². The highest BCUT2D eigenvalue weighted by atomic mass is 79.9. The molecule has 36 heavy (non-hydrogen) atoms. The SMILES string of the molecule is O=C(c1ccc(Br)o1)N1N=C(c2c(-c3ccccc3)c3cc(Br)ccc3[nH]c2=O)CC1c1ccco1. The number of aromatic nitrogens is 1. The highest BCUT2D eigenvalue weighted by Crippen LogP contribution is 2.38.